The number of ether oxygens (including phenoxy) is 3. The van der Waals surface area contributed by atoms with Crippen LogP contribution in [-0.2, 0) is 25.6 Å². The third-order valence-electron chi connectivity index (χ3n) is 2.28. The van der Waals surface area contributed by atoms with Crippen LogP contribution in [0.15, 0.2) is 30.3 Å². The van der Waals surface area contributed by atoms with Crippen LogP contribution in [-0.4, -0.2) is 44.1 Å². The molecule has 0 saturated carbocycles. The molecule has 0 saturated heterocycles. The van der Waals surface area contributed by atoms with Gasteiger partial charge < -0.3 is 19.3 Å². The number of hydrogen-bond acceptors (Lipinski definition) is 5. The first kappa shape index (κ1) is 15.6. The summed E-state index contributed by atoms with van der Waals surface area (Å²) >= 11 is 0. The molecule has 1 aromatic carbocycles. The van der Waals surface area contributed by atoms with Crippen molar-refractivity contribution in [3.8, 4) is 0 Å². The van der Waals surface area contributed by atoms with Crippen LogP contribution in [0.4, 0.5) is 0 Å². The smallest absolute Gasteiger partial charge is 0.332 e. The highest BCUT2D eigenvalue weighted by Gasteiger charge is 2.03. The fourth-order valence-corrected chi connectivity index (χ4v) is 1.32. The van der Waals surface area contributed by atoms with Gasteiger partial charge in [-0.2, -0.15) is 0 Å². The van der Waals surface area contributed by atoms with E-state index in [1.807, 2.05) is 30.3 Å². The molecular weight excluding hydrogens is 248 g/mol. The summed E-state index contributed by atoms with van der Waals surface area (Å²) in [7, 11) is 0. The lowest BCUT2D eigenvalue weighted by molar-refractivity contribution is -0.150. The highest BCUT2D eigenvalue weighted by Crippen LogP contribution is 2.00. The van der Waals surface area contributed by atoms with Gasteiger partial charge >= 0.3 is 5.97 Å². The Balaban J connectivity index is 1.96. The number of carbonyl (C=O) groups is 1. The van der Waals surface area contributed by atoms with Crippen molar-refractivity contribution in [2.75, 3.05) is 33.0 Å². The van der Waals surface area contributed by atoms with E-state index in [9.17, 15) is 4.79 Å². The zero-order chi connectivity index (χ0) is 13.8. The highest BCUT2D eigenvalue weighted by molar-refractivity contribution is 5.70. The van der Waals surface area contributed by atoms with Crippen molar-refractivity contribution < 1.29 is 24.1 Å². The molecule has 19 heavy (non-hydrogen) atoms. The second-order valence-corrected chi connectivity index (χ2v) is 3.89. The van der Waals surface area contributed by atoms with Gasteiger partial charge in [0.15, 0.2) is 0 Å². The minimum atomic E-state index is -0.390. The van der Waals surface area contributed by atoms with Crippen molar-refractivity contribution in [3.05, 3.63) is 35.9 Å². The average molecular weight is 268 g/mol. The topological polar surface area (TPSA) is 65.0 Å². The van der Waals surface area contributed by atoms with Gasteiger partial charge in [0.05, 0.1) is 13.2 Å². The quantitative estimate of drug-likeness (QED) is 0.509. The molecule has 0 atom stereocenters. The predicted molar refractivity (Wildman–Crippen MR) is 69.6 cm³/mol. The number of esters is 1. The normalized spacial score (nSPS) is 10.4. The molecule has 1 aromatic rings. The molecule has 0 unspecified atom stereocenters. The van der Waals surface area contributed by atoms with Crippen LogP contribution in [0.25, 0.3) is 0 Å². The lowest BCUT2D eigenvalue weighted by atomic mass is 10.2. The molecule has 0 fully saturated rings. The van der Waals surface area contributed by atoms with E-state index in [1.54, 1.807) is 0 Å². The molecule has 5 nitrogen and oxygen atoms in total. The molecule has 0 radical (unpaired) electrons. The standard InChI is InChI=1S/C14H20O5/c15-7-4-8-17-9-10-18-12-14(16)19-11-13-5-2-1-3-6-13/h1-3,5-6,15H,4,7-12H2. The second kappa shape index (κ2) is 10.5. The van der Waals surface area contributed by atoms with E-state index < -0.39 is 0 Å². The summed E-state index contributed by atoms with van der Waals surface area (Å²) in [6.07, 6.45) is 0.610. The highest BCUT2D eigenvalue weighted by atomic mass is 16.6. The lowest BCUT2D eigenvalue weighted by Crippen LogP contribution is -2.15. The van der Waals surface area contributed by atoms with Crippen molar-refractivity contribution in [2.45, 2.75) is 13.0 Å². The van der Waals surface area contributed by atoms with E-state index in [0.717, 1.165) is 5.56 Å². The maximum absolute atomic E-state index is 11.3. The Kier molecular flexibility index (Phi) is 8.63. The summed E-state index contributed by atoms with van der Waals surface area (Å²) in [6.45, 7) is 1.55. The van der Waals surface area contributed by atoms with Crippen LogP contribution in [0, 0.1) is 0 Å². The third-order valence-corrected chi connectivity index (χ3v) is 2.28. The molecule has 0 aliphatic rings. The molecule has 5 heteroatoms. The fraction of sp³-hybridized carbons (Fsp3) is 0.500. The van der Waals surface area contributed by atoms with E-state index >= 15 is 0 Å². The van der Waals surface area contributed by atoms with E-state index in [-0.39, 0.29) is 25.8 Å². The van der Waals surface area contributed by atoms with Gasteiger partial charge in [-0.05, 0) is 12.0 Å². The van der Waals surface area contributed by atoms with Crippen molar-refractivity contribution in [2.24, 2.45) is 0 Å². The second-order valence-electron chi connectivity index (χ2n) is 3.89. The molecule has 0 aliphatic carbocycles. The molecule has 0 heterocycles. The predicted octanol–water partition coefficient (Wildman–Crippen LogP) is 1.15. The van der Waals surface area contributed by atoms with Gasteiger partial charge in [-0.15, -0.1) is 0 Å². The van der Waals surface area contributed by atoms with Crippen molar-refractivity contribution in [3.63, 3.8) is 0 Å². The van der Waals surface area contributed by atoms with Gasteiger partial charge in [-0.1, -0.05) is 30.3 Å². The van der Waals surface area contributed by atoms with Crippen LogP contribution < -0.4 is 0 Å². The zero-order valence-electron chi connectivity index (χ0n) is 10.9. The fourth-order valence-electron chi connectivity index (χ4n) is 1.32. The molecular formula is C14H20O5. The molecule has 106 valence electrons. The minimum Gasteiger partial charge on any atom is -0.459 e. The summed E-state index contributed by atoms with van der Waals surface area (Å²) < 4.78 is 15.3. The van der Waals surface area contributed by atoms with Gasteiger partial charge in [-0.3, -0.25) is 0 Å². The number of carbonyl (C=O) groups excluding carboxylic acids is 1. The molecule has 0 aromatic heterocycles. The zero-order valence-corrected chi connectivity index (χ0v) is 10.9. The Morgan fingerprint density at radius 3 is 2.53 bits per heavy atom. The van der Waals surface area contributed by atoms with Crippen LogP contribution in [0.2, 0.25) is 0 Å². The third kappa shape index (κ3) is 8.31. The number of hydrogen-bond donors (Lipinski definition) is 1. The average Bonchev–Trinajstić information content (AvgIpc) is 2.45. The maximum Gasteiger partial charge on any atom is 0.332 e. The molecule has 1 N–H and O–H groups in total. The van der Waals surface area contributed by atoms with Crippen LogP contribution >= 0.6 is 0 Å². The van der Waals surface area contributed by atoms with Crippen LogP contribution in [0.1, 0.15) is 12.0 Å². The maximum atomic E-state index is 11.3. The van der Waals surface area contributed by atoms with Crippen molar-refractivity contribution in [1.82, 2.24) is 0 Å². The Hall–Kier alpha value is -1.43. The monoisotopic (exact) mass is 268 g/mol. The van der Waals surface area contributed by atoms with E-state index in [4.69, 9.17) is 19.3 Å². The van der Waals surface area contributed by atoms with Gasteiger partial charge in [-0.25, -0.2) is 4.79 Å². The molecule has 0 bridgehead atoms. The van der Waals surface area contributed by atoms with Crippen molar-refractivity contribution >= 4 is 5.97 Å². The van der Waals surface area contributed by atoms with Gasteiger partial charge in [0, 0.05) is 13.2 Å². The number of aliphatic hydroxyl groups excluding tert-OH is 1. The lowest BCUT2D eigenvalue weighted by Gasteiger charge is -2.06. The largest absolute Gasteiger partial charge is 0.459 e. The summed E-state index contributed by atoms with van der Waals surface area (Å²) in [5.74, 6) is -0.390. The molecule has 1 rings (SSSR count). The number of rotatable bonds is 10. The van der Waals surface area contributed by atoms with E-state index in [0.29, 0.717) is 26.2 Å². The Labute approximate surface area is 113 Å². The van der Waals surface area contributed by atoms with Crippen LogP contribution in [0.3, 0.4) is 0 Å². The Morgan fingerprint density at radius 2 is 1.79 bits per heavy atom. The summed E-state index contributed by atoms with van der Waals surface area (Å²) in [6, 6.07) is 9.48. The summed E-state index contributed by atoms with van der Waals surface area (Å²) in [5, 5.41) is 8.52. The molecule has 0 amide bonds. The van der Waals surface area contributed by atoms with Gasteiger partial charge in [0.2, 0.25) is 0 Å². The number of aliphatic hydroxyl groups is 1. The number of benzene rings is 1. The first-order chi connectivity index (χ1) is 9.33. The summed E-state index contributed by atoms with van der Waals surface area (Å²) in [4.78, 5) is 11.3. The summed E-state index contributed by atoms with van der Waals surface area (Å²) in [5.41, 5.74) is 0.947. The van der Waals surface area contributed by atoms with E-state index in [1.165, 1.54) is 0 Å². The Morgan fingerprint density at radius 1 is 1.05 bits per heavy atom. The molecule has 0 spiro atoms. The molecule has 0 aliphatic heterocycles. The SMILES string of the molecule is O=C(COCCOCCCO)OCc1ccccc1. The van der Waals surface area contributed by atoms with Gasteiger partial charge in [0.25, 0.3) is 0 Å². The first-order valence-corrected chi connectivity index (χ1v) is 6.29. The van der Waals surface area contributed by atoms with E-state index in [2.05, 4.69) is 0 Å². The van der Waals surface area contributed by atoms with Crippen molar-refractivity contribution in [1.29, 1.82) is 0 Å². The van der Waals surface area contributed by atoms with Crippen LogP contribution in [0.5, 0.6) is 0 Å². The van der Waals surface area contributed by atoms with Gasteiger partial charge in [0.1, 0.15) is 13.2 Å². The minimum absolute atomic E-state index is 0.0732. The Bertz CT molecular complexity index is 339. The first-order valence-electron chi connectivity index (χ1n) is 6.29.